The summed E-state index contributed by atoms with van der Waals surface area (Å²) in [5, 5.41) is 0.693. The minimum Gasteiger partial charge on any atom is -0.489 e. The van der Waals surface area contributed by atoms with E-state index in [1.807, 2.05) is 18.2 Å². The van der Waals surface area contributed by atoms with Gasteiger partial charge in [0.15, 0.2) is 5.75 Å². The second-order valence-corrected chi connectivity index (χ2v) is 5.95. The molecule has 0 spiro atoms. The number of hydrogen-bond donors (Lipinski definition) is 0. The lowest BCUT2D eigenvalue weighted by molar-refractivity contribution is 0.300. The van der Waals surface area contributed by atoms with Crippen molar-refractivity contribution in [3.8, 4) is 11.5 Å². The highest BCUT2D eigenvalue weighted by Crippen LogP contribution is 2.37. The molecule has 2 rings (SSSR count). The van der Waals surface area contributed by atoms with Gasteiger partial charge in [-0.15, -0.1) is 0 Å². The number of rotatable bonds is 6. The van der Waals surface area contributed by atoms with Crippen LogP contribution in [0.5, 0.6) is 11.5 Å². The van der Waals surface area contributed by atoms with E-state index in [1.165, 1.54) is 6.08 Å². The molecule has 116 valence electrons. The summed E-state index contributed by atoms with van der Waals surface area (Å²) in [6.07, 6.45) is 3.20. The molecule has 0 N–H and O–H groups in total. The number of benzene rings is 1. The third kappa shape index (κ3) is 5.25. The molecule has 0 amide bonds. The third-order valence-electron chi connectivity index (χ3n) is 2.55. The maximum Gasteiger partial charge on any atom is 0.157 e. The van der Waals surface area contributed by atoms with Crippen LogP contribution in [-0.2, 0) is 6.61 Å². The van der Waals surface area contributed by atoms with Crippen LogP contribution in [0.1, 0.15) is 5.69 Å². The van der Waals surface area contributed by atoms with E-state index in [1.54, 1.807) is 18.3 Å². The molecular formula is C15H11Cl4NO2. The number of ether oxygens (including phenoxy) is 2. The van der Waals surface area contributed by atoms with Crippen LogP contribution in [0.3, 0.4) is 0 Å². The second kappa shape index (κ2) is 8.49. The highest BCUT2D eigenvalue weighted by molar-refractivity contribution is 6.55. The molecule has 0 bridgehead atoms. The van der Waals surface area contributed by atoms with Crippen LogP contribution in [0.15, 0.2) is 47.1 Å². The summed E-state index contributed by atoms with van der Waals surface area (Å²) in [5.41, 5.74) is 0.775. The molecule has 0 aliphatic rings. The third-order valence-corrected chi connectivity index (χ3v) is 3.42. The van der Waals surface area contributed by atoms with Crippen molar-refractivity contribution < 1.29 is 9.47 Å². The van der Waals surface area contributed by atoms with Crippen molar-refractivity contribution in [1.29, 1.82) is 0 Å². The lowest BCUT2D eigenvalue weighted by Crippen LogP contribution is -1.99. The molecule has 0 unspecified atom stereocenters. The molecule has 0 saturated heterocycles. The Morgan fingerprint density at radius 2 is 1.82 bits per heavy atom. The predicted molar refractivity (Wildman–Crippen MR) is 90.3 cm³/mol. The van der Waals surface area contributed by atoms with Crippen molar-refractivity contribution in [2.75, 3.05) is 6.61 Å². The van der Waals surface area contributed by atoms with Crippen LogP contribution in [-0.4, -0.2) is 11.6 Å². The first-order valence-corrected chi connectivity index (χ1v) is 7.73. The summed E-state index contributed by atoms with van der Waals surface area (Å²) in [4.78, 5) is 4.16. The zero-order chi connectivity index (χ0) is 15.9. The van der Waals surface area contributed by atoms with E-state index in [2.05, 4.69) is 4.98 Å². The standard InChI is InChI=1S/C15H11Cl4NO2/c16-12-7-11(21-6-4-14(18)19)8-13(17)15(12)22-9-10-3-1-2-5-20-10/h1-5,7-8H,6,9H2. The van der Waals surface area contributed by atoms with Gasteiger partial charge in [0.25, 0.3) is 0 Å². The van der Waals surface area contributed by atoms with Gasteiger partial charge in [0, 0.05) is 18.3 Å². The van der Waals surface area contributed by atoms with E-state index >= 15 is 0 Å². The molecule has 0 saturated carbocycles. The van der Waals surface area contributed by atoms with Gasteiger partial charge in [-0.2, -0.15) is 0 Å². The summed E-state index contributed by atoms with van der Waals surface area (Å²) in [6.45, 7) is 0.480. The van der Waals surface area contributed by atoms with Crippen molar-refractivity contribution in [3.63, 3.8) is 0 Å². The maximum atomic E-state index is 6.16. The predicted octanol–water partition coefficient (Wildman–Crippen LogP) is 5.67. The van der Waals surface area contributed by atoms with Crippen LogP contribution in [0, 0.1) is 0 Å². The fraction of sp³-hybridized carbons (Fsp3) is 0.133. The molecule has 3 nitrogen and oxygen atoms in total. The molecule has 2 aromatic rings. The van der Waals surface area contributed by atoms with Crippen LogP contribution in [0.25, 0.3) is 0 Å². The smallest absolute Gasteiger partial charge is 0.157 e. The Hall–Kier alpha value is -1.13. The van der Waals surface area contributed by atoms with Crippen LogP contribution < -0.4 is 9.47 Å². The fourth-order valence-corrected chi connectivity index (χ4v) is 2.29. The van der Waals surface area contributed by atoms with Gasteiger partial charge in [0.1, 0.15) is 23.5 Å². The normalized spacial score (nSPS) is 10.2. The quantitative estimate of drug-likeness (QED) is 0.649. The first kappa shape index (κ1) is 17.2. The minimum atomic E-state index is 0.132. The van der Waals surface area contributed by atoms with Crippen molar-refractivity contribution in [3.05, 3.63) is 62.8 Å². The van der Waals surface area contributed by atoms with Gasteiger partial charge in [-0.3, -0.25) is 4.98 Å². The molecule has 1 aromatic carbocycles. The Bertz CT molecular complexity index is 635. The summed E-state index contributed by atoms with van der Waals surface area (Å²) in [5.74, 6) is 0.873. The summed E-state index contributed by atoms with van der Waals surface area (Å²) in [7, 11) is 0. The fourth-order valence-electron chi connectivity index (χ4n) is 1.59. The zero-order valence-electron chi connectivity index (χ0n) is 11.2. The molecule has 0 fully saturated rings. The Morgan fingerprint density at radius 3 is 2.41 bits per heavy atom. The zero-order valence-corrected chi connectivity index (χ0v) is 14.3. The van der Waals surface area contributed by atoms with Gasteiger partial charge in [0.05, 0.1) is 15.7 Å². The molecule has 7 heteroatoms. The first-order valence-electron chi connectivity index (χ1n) is 6.22. The largest absolute Gasteiger partial charge is 0.489 e. The molecule has 0 aliphatic carbocycles. The summed E-state index contributed by atoms with van der Waals surface area (Å²) >= 11 is 23.3. The number of hydrogen-bond acceptors (Lipinski definition) is 3. The van der Waals surface area contributed by atoms with Gasteiger partial charge in [-0.05, 0) is 18.2 Å². The van der Waals surface area contributed by atoms with Gasteiger partial charge in [-0.25, -0.2) is 0 Å². The van der Waals surface area contributed by atoms with Crippen molar-refractivity contribution >= 4 is 46.4 Å². The van der Waals surface area contributed by atoms with Gasteiger partial charge < -0.3 is 9.47 Å². The van der Waals surface area contributed by atoms with Crippen LogP contribution in [0.2, 0.25) is 10.0 Å². The molecule has 22 heavy (non-hydrogen) atoms. The van der Waals surface area contributed by atoms with E-state index in [0.717, 1.165) is 5.69 Å². The SMILES string of the molecule is ClC(Cl)=CCOc1cc(Cl)c(OCc2ccccn2)c(Cl)c1. The lowest BCUT2D eigenvalue weighted by Gasteiger charge is -2.12. The van der Waals surface area contributed by atoms with E-state index in [0.29, 0.717) is 21.5 Å². The van der Waals surface area contributed by atoms with E-state index in [9.17, 15) is 0 Å². The number of nitrogens with zero attached hydrogens (tertiary/aromatic N) is 1. The highest BCUT2D eigenvalue weighted by Gasteiger charge is 2.11. The maximum absolute atomic E-state index is 6.16. The average molecular weight is 379 g/mol. The number of aromatic nitrogens is 1. The molecule has 0 radical (unpaired) electrons. The van der Waals surface area contributed by atoms with Crippen LogP contribution >= 0.6 is 46.4 Å². The van der Waals surface area contributed by atoms with Gasteiger partial charge >= 0.3 is 0 Å². The summed E-state index contributed by atoms with van der Waals surface area (Å²) in [6, 6.07) is 8.77. The molecule has 0 aliphatic heterocycles. The van der Waals surface area contributed by atoms with Gasteiger partial charge in [0.2, 0.25) is 0 Å². The Balaban J connectivity index is 2.05. The van der Waals surface area contributed by atoms with Crippen molar-refractivity contribution in [2.45, 2.75) is 6.61 Å². The first-order chi connectivity index (χ1) is 10.6. The van der Waals surface area contributed by atoms with E-state index in [4.69, 9.17) is 55.9 Å². The number of pyridine rings is 1. The average Bonchev–Trinajstić information content (AvgIpc) is 2.47. The molecule has 0 atom stereocenters. The Labute approximate surface area is 148 Å². The van der Waals surface area contributed by atoms with E-state index < -0.39 is 0 Å². The topological polar surface area (TPSA) is 31.4 Å². The Morgan fingerprint density at radius 1 is 1.09 bits per heavy atom. The van der Waals surface area contributed by atoms with Crippen LogP contribution in [0.4, 0.5) is 0 Å². The highest BCUT2D eigenvalue weighted by atomic mass is 35.5. The molecule has 1 heterocycles. The van der Waals surface area contributed by atoms with Crippen molar-refractivity contribution in [2.24, 2.45) is 0 Å². The summed E-state index contributed by atoms with van der Waals surface area (Å²) < 4.78 is 11.2. The van der Waals surface area contributed by atoms with E-state index in [-0.39, 0.29) is 17.7 Å². The Kier molecular flexibility index (Phi) is 6.65. The van der Waals surface area contributed by atoms with Crippen molar-refractivity contribution in [1.82, 2.24) is 4.98 Å². The minimum absolute atomic E-state index is 0.132. The lowest BCUT2D eigenvalue weighted by atomic mass is 10.3. The molecular weight excluding hydrogens is 368 g/mol. The van der Waals surface area contributed by atoms with Gasteiger partial charge in [-0.1, -0.05) is 52.5 Å². The number of halogens is 4. The molecule has 1 aromatic heterocycles. The monoisotopic (exact) mass is 377 g/mol. The second-order valence-electron chi connectivity index (χ2n) is 4.13.